The van der Waals surface area contributed by atoms with Gasteiger partial charge in [-0.2, -0.15) is 10.2 Å². The van der Waals surface area contributed by atoms with Crippen molar-refractivity contribution in [3.8, 4) is 5.69 Å². The molecule has 0 spiro atoms. The second-order valence-corrected chi connectivity index (χ2v) is 13.8. The lowest BCUT2D eigenvalue weighted by molar-refractivity contribution is -0.197. The first-order valence-corrected chi connectivity index (χ1v) is 15.2. The fraction of sp³-hybridized carbons (Fsp3) is 0.581. The van der Waals surface area contributed by atoms with E-state index in [1.54, 1.807) is 24.2 Å². The molecule has 7 rings (SSSR count). The minimum atomic E-state index is -1.42. The minimum absolute atomic E-state index is 0.0169. The van der Waals surface area contributed by atoms with Crippen molar-refractivity contribution in [3.63, 3.8) is 0 Å². The van der Waals surface area contributed by atoms with Crippen molar-refractivity contribution in [1.29, 1.82) is 0 Å². The van der Waals surface area contributed by atoms with Crippen LogP contribution in [0.1, 0.15) is 57.2 Å². The maximum absolute atomic E-state index is 13.6. The summed E-state index contributed by atoms with van der Waals surface area (Å²) in [5, 5.41) is 25.7. The van der Waals surface area contributed by atoms with E-state index in [-0.39, 0.29) is 29.0 Å². The predicted molar refractivity (Wildman–Crippen MR) is 155 cm³/mol. The number of allylic oxidation sites excluding steroid dienone is 1. The number of hydrogen-bond donors (Lipinski definition) is 2. The molecule has 0 saturated heterocycles. The topological polar surface area (TPSA) is 109 Å². The first-order valence-electron chi connectivity index (χ1n) is 14.8. The number of hydrogen-bond acceptors (Lipinski definition) is 8. The average Bonchev–Trinajstić information content (AvgIpc) is 3.63. The number of nitrogens with zero attached hydrogens (tertiary/aromatic N) is 5. The Morgan fingerprint density at radius 1 is 1.19 bits per heavy atom. The molecule has 9 nitrogen and oxygen atoms in total. The summed E-state index contributed by atoms with van der Waals surface area (Å²) < 4.78 is 21.6. The first-order chi connectivity index (χ1) is 20.0. The lowest BCUT2D eigenvalue weighted by atomic mass is 9.45. The minimum Gasteiger partial charge on any atom is -0.448 e. The van der Waals surface area contributed by atoms with Crippen LogP contribution in [-0.2, 0) is 20.7 Å². The first kappa shape index (κ1) is 27.8. The van der Waals surface area contributed by atoms with Gasteiger partial charge in [0.05, 0.1) is 30.2 Å². The number of likely N-dealkylation sites (N-methyl/N-ethyl adjacent to an activating group) is 1. The Morgan fingerprint density at radius 2 is 1.95 bits per heavy atom. The van der Waals surface area contributed by atoms with Crippen LogP contribution in [0.2, 0.25) is 0 Å². The lowest BCUT2D eigenvalue weighted by Gasteiger charge is -2.60. The highest BCUT2D eigenvalue weighted by molar-refractivity contribution is 7.96. The molecular formula is C31H36FN5O4S. The quantitative estimate of drug-likeness (QED) is 0.397. The van der Waals surface area contributed by atoms with Crippen molar-refractivity contribution in [3.05, 3.63) is 53.1 Å². The zero-order chi connectivity index (χ0) is 29.6. The molecule has 1 aromatic heterocycles. The summed E-state index contributed by atoms with van der Waals surface area (Å²) in [5.41, 5.74) is 1.74. The van der Waals surface area contributed by atoms with Gasteiger partial charge < -0.3 is 9.84 Å². The third-order valence-corrected chi connectivity index (χ3v) is 11.7. The Bertz CT molecular complexity index is 1530. The maximum Gasteiger partial charge on any atom is 0.335 e. The number of aliphatic hydroxyl groups excluding tert-OH is 1. The summed E-state index contributed by atoms with van der Waals surface area (Å²) in [4.78, 5) is 26.5. The van der Waals surface area contributed by atoms with E-state index in [0.717, 1.165) is 42.6 Å². The van der Waals surface area contributed by atoms with E-state index in [9.17, 15) is 19.1 Å². The number of aromatic nitrogens is 2. The maximum atomic E-state index is 13.6. The molecule has 42 heavy (non-hydrogen) atoms. The fourth-order valence-electron chi connectivity index (χ4n) is 9.36. The molecule has 2 heterocycles. The molecule has 2 aromatic rings. The molecule has 3 fully saturated rings. The van der Waals surface area contributed by atoms with Crippen molar-refractivity contribution in [2.24, 2.45) is 38.9 Å². The van der Waals surface area contributed by atoms with E-state index in [0.29, 0.717) is 19.4 Å². The van der Waals surface area contributed by atoms with Crippen LogP contribution in [0.15, 0.2) is 46.4 Å². The third-order valence-electron chi connectivity index (χ3n) is 11.3. The Labute approximate surface area is 249 Å². The zero-order valence-electron chi connectivity index (χ0n) is 24.0. The summed E-state index contributed by atoms with van der Waals surface area (Å²) in [5.74, 6) is -0.631. The van der Waals surface area contributed by atoms with Crippen molar-refractivity contribution in [2.45, 2.75) is 70.1 Å². The van der Waals surface area contributed by atoms with Crippen molar-refractivity contribution in [1.82, 2.24) is 14.8 Å². The summed E-state index contributed by atoms with van der Waals surface area (Å²) in [7, 11) is 1.73. The van der Waals surface area contributed by atoms with Gasteiger partial charge in [-0.3, -0.25) is 9.80 Å². The monoisotopic (exact) mass is 593 g/mol. The number of fused-ring (bicyclic) bond motifs is 6. The number of aliphatic hydroxyl groups is 1. The molecule has 3 saturated carbocycles. The average molecular weight is 594 g/mol. The van der Waals surface area contributed by atoms with Gasteiger partial charge in [0.2, 0.25) is 5.12 Å². The molecule has 1 N–H and O–H groups in total. The molecular weight excluding hydrogens is 557 g/mol. The highest BCUT2D eigenvalue weighted by Gasteiger charge is 2.70. The van der Waals surface area contributed by atoms with Crippen LogP contribution in [0.25, 0.3) is 11.8 Å². The largest absolute Gasteiger partial charge is 0.448 e. The second kappa shape index (κ2) is 9.47. The van der Waals surface area contributed by atoms with E-state index in [1.165, 1.54) is 17.7 Å². The Balaban J connectivity index is 1.20. The Kier molecular flexibility index (Phi) is 6.26. The molecule has 222 valence electrons. The molecule has 1 aliphatic heterocycles. The van der Waals surface area contributed by atoms with Gasteiger partial charge in [0, 0.05) is 12.5 Å². The van der Waals surface area contributed by atoms with Crippen molar-refractivity contribution in [2.75, 3.05) is 13.6 Å². The van der Waals surface area contributed by atoms with Crippen molar-refractivity contribution >= 4 is 29.8 Å². The summed E-state index contributed by atoms with van der Waals surface area (Å²) in [6.07, 6.45) is 7.33. The van der Waals surface area contributed by atoms with Crippen LogP contribution in [0.4, 0.5) is 4.39 Å². The van der Waals surface area contributed by atoms with Gasteiger partial charge in [-0.25, -0.2) is 13.9 Å². The number of carbonyl (C=O) groups excluding carboxylic acids is 2. The SMILES string of the molecule is CN1CC(C(=O)O[C@]2(C(=O)S)CC[C@H]3[C@@H]4CCC5=Cc6c(cnn6-c6ccc(F)cc6)C[C@]5(C)[C@H]4[C@@H](O)C[C@@]32C)N=N1. The van der Waals surface area contributed by atoms with Gasteiger partial charge in [0.25, 0.3) is 0 Å². The number of rotatable bonds is 4. The number of halogens is 1. The molecule has 0 bridgehead atoms. The van der Waals surface area contributed by atoms with Gasteiger partial charge in [-0.15, -0.1) is 12.6 Å². The van der Waals surface area contributed by atoms with Crippen LogP contribution in [0.3, 0.4) is 0 Å². The fourth-order valence-corrected chi connectivity index (χ4v) is 9.77. The number of carbonyl (C=O) groups is 2. The van der Waals surface area contributed by atoms with Gasteiger partial charge in [-0.05, 0) is 97.6 Å². The van der Waals surface area contributed by atoms with E-state index in [4.69, 9.17) is 4.74 Å². The highest BCUT2D eigenvalue weighted by atomic mass is 32.1. The summed E-state index contributed by atoms with van der Waals surface area (Å²) in [6, 6.07) is 5.56. The highest BCUT2D eigenvalue weighted by Crippen LogP contribution is 2.68. The van der Waals surface area contributed by atoms with Crippen LogP contribution in [-0.4, -0.2) is 62.3 Å². The molecule has 0 radical (unpaired) electrons. The molecule has 11 heteroatoms. The lowest BCUT2D eigenvalue weighted by Crippen LogP contribution is -2.62. The smallest absolute Gasteiger partial charge is 0.335 e. The zero-order valence-corrected chi connectivity index (χ0v) is 24.9. The van der Waals surface area contributed by atoms with E-state index < -0.39 is 34.2 Å². The number of benzene rings is 1. The Hall–Kier alpha value is -3.05. The van der Waals surface area contributed by atoms with Crippen LogP contribution in [0.5, 0.6) is 0 Å². The third kappa shape index (κ3) is 3.81. The van der Waals surface area contributed by atoms with E-state index in [2.05, 4.69) is 41.1 Å². The normalized spacial score (nSPS) is 38.3. The van der Waals surface area contributed by atoms with Gasteiger partial charge in [-0.1, -0.05) is 24.6 Å². The van der Waals surface area contributed by atoms with Gasteiger partial charge in [0.1, 0.15) is 5.82 Å². The predicted octanol–water partition coefficient (Wildman–Crippen LogP) is 4.58. The molecule has 1 unspecified atom stereocenters. The molecule has 4 aliphatic carbocycles. The summed E-state index contributed by atoms with van der Waals surface area (Å²) >= 11 is 4.29. The number of thiol groups is 1. The number of ether oxygens (including phenoxy) is 1. The molecule has 8 atom stereocenters. The second-order valence-electron chi connectivity index (χ2n) is 13.4. The molecule has 0 amide bonds. The van der Waals surface area contributed by atoms with Gasteiger partial charge in [0.15, 0.2) is 11.6 Å². The standard InChI is InChI=1S/C31H36FN5O4S/c1-29-13-17-15-33-37(20-7-5-19(32)6-8-20)24(17)12-18(29)4-9-21-22-10-11-31(28(40)42,30(22,2)14-25(38)26(21)29)41-27(39)23-16-36(3)35-34-23/h5-8,12,15,21-23,25-26,38H,4,9-11,13-14,16H2,1-3H3,(H,40,42)/t21-,22-,23?,25-,26+,29-,30-,31-/m0/s1. The van der Waals surface area contributed by atoms with Crippen LogP contribution in [0, 0.1) is 34.4 Å². The number of esters is 1. The van der Waals surface area contributed by atoms with Crippen LogP contribution >= 0.6 is 12.6 Å². The molecule has 5 aliphatic rings. The van der Waals surface area contributed by atoms with E-state index >= 15 is 0 Å². The summed E-state index contributed by atoms with van der Waals surface area (Å²) in [6.45, 7) is 4.57. The Morgan fingerprint density at radius 3 is 2.64 bits per heavy atom. The van der Waals surface area contributed by atoms with Gasteiger partial charge >= 0.3 is 5.97 Å². The van der Waals surface area contributed by atoms with E-state index in [1.807, 2.05) is 17.8 Å². The van der Waals surface area contributed by atoms with Crippen molar-refractivity contribution < 1.29 is 23.8 Å². The molecule has 1 aromatic carbocycles. The van der Waals surface area contributed by atoms with Crippen LogP contribution < -0.4 is 0 Å².